The largest absolute Gasteiger partial charge is 0.494 e. The number of ether oxygens (including phenoxy) is 1. The van der Waals surface area contributed by atoms with Crippen molar-refractivity contribution in [3.8, 4) is 5.75 Å². The predicted octanol–water partition coefficient (Wildman–Crippen LogP) is 3.84. The van der Waals surface area contributed by atoms with E-state index in [9.17, 15) is 8.42 Å². The minimum absolute atomic E-state index is 0.260. The van der Waals surface area contributed by atoms with Crippen LogP contribution in [0.25, 0.3) is 0 Å². The molecular formula is C17H21NO3S. The van der Waals surface area contributed by atoms with Crippen LogP contribution in [0.5, 0.6) is 5.75 Å². The van der Waals surface area contributed by atoms with E-state index in [2.05, 4.69) is 4.72 Å². The van der Waals surface area contributed by atoms with Crippen LogP contribution in [0.15, 0.2) is 53.4 Å². The van der Waals surface area contributed by atoms with Gasteiger partial charge in [-0.25, -0.2) is 8.42 Å². The third-order valence-electron chi connectivity index (χ3n) is 3.22. The van der Waals surface area contributed by atoms with Crippen molar-refractivity contribution in [2.45, 2.75) is 31.6 Å². The molecule has 118 valence electrons. The van der Waals surface area contributed by atoms with Crippen LogP contribution in [-0.2, 0) is 16.4 Å². The Kier molecular flexibility index (Phi) is 5.44. The van der Waals surface area contributed by atoms with Gasteiger partial charge < -0.3 is 4.74 Å². The van der Waals surface area contributed by atoms with E-state index in [0.29, 0.717) is 12.3 Å². The number of nitrogens with one attached hydrogen (secondary N) is 1. The van der Waals surface area contributed by atoms with Crippen molar-refractivity contribution in [2.24, 2.45) is 0 Å². The van der Waals surface area contributed by atoms with Gasteiger partial charge in [-0.1, -0.05) is 26.0 Å². The first kappa shape index (κ1) is 16.4. The van der Waals surface area contributed by atoms with Crippen molar-refractivity contribution in [1.82, 2.24) is 0 Å². The van der Waals surface area contributed by atoms with Gasteiger partial charge in [-0.05, 0) is 54.8 Å². The van der Waals surface area contributed by atoms with Crippen LogP contribution in [0, 0.1) is 0 Å². The highest BCUT2D eigenvalue weighted by Gasteiger charge is 2.13. The first-order valence-corrected chi connectivity index (χ1v) is 8.88. The van der Waals surface area contributed by atoms with E-state index in [1.807, 2.05) is 26.0 Å². The molecule has 22 heavy (non-hydrogen) atoms. The molecule has 5 heteroatoms. The average molecular weight is 319 g/mol. The summed E-state index contributed by atoms with van der Waals surface area (Å²) in [5, 5.41) is 0. The Bertz CT molecular complexity index is 692. The second kappa shape index (κ2) is 7.31. The van der Waals surface area contributed by atoms with Crippen LogP contribution in [0.4, 0.5) is 5.69 Å². The summed E-state index contributed by atoms with van der Waals surface area (Å²) in [5.41, 5.74) is 1.62. The van der Waals surface area contributed by atoms with Gasteiger partial charge in [0.15, 0.2) is 0 Å². The molecule has 0 unspecified atom stereocenters. The van der Waals surface area contributed by atoms with Crippen LogP contribution in [0.2, 0.25) is 0 Å². The number of anilines is 1. The topological polar surface area (TPSA) is 55.4 Å². The van der Waals surface area contributed by atoms with E-state index in [4.69, 9.17) is 4.74 Å². The van der Waals surface area contributed by atoms with Crippen molar-refractivity contribution in [2.75, 3.05) is 11.3 Å². The maximum absolute atomic E-state index is 12.3. The third-order valence-corrected chi connectivity index (χ3v) is 4.62. The fourth-order valence-corrected chi connectivity index (χ4v) is 3.02. The average Bonchev–Trinajstić information content (AvgIpc) is 2.54. The lowest BCUT2D eigenvalue weighted by molar-refractivity contribution is 0.317. The number of rotatable bonds is 7. The Hall–Kier alpha value is -2.01. The molecule has 1 N–H and O–H groups in total. The molecule has 0 fully saturated rings. The third kappa shape index (κ3) is 4.24. The Morgan fingerprint density at radius 1 is 0.955 bits per heavy atom. The molecule has 0 amide bonds. The van der Waals surface area contributed by atoms with E-state index < -0.39 is 10.0 Å². The minimum atomic E-state index is -3.56. The van der Waals surface area contributed by atoms with Crippen LogP contribution in [0.1, 0.15) is 25.8 Å². The van der Waals surface area contributed by atoms with Crippen molar-refractivity contribution in [1.29, 1.82) is 0 Å². The Morgan fingerprint density at radius 3 is 2.14 bits per heavy atom. The van der Waals surface area contributed by atoms with Gasteiger partial charge in [0.05, 0.1) is 11.5 Å². The van der Waals surface area contributed by atoms with E-state index >= 15 is 0 Å². The molecular weight excluding hydrogens is 298 g/mol. The molecule has 0 saturated heterocycles. The Balaban J connectivity index is 2.10. The van der Waals surface area contributed by atoms with Crippen molar-refractivity contribution < 1.29 is 13.2 Å². The lowest BCUT2D eigenvalue weighted by Crippen LogP contribution is -2.12. The zero-order valence-electron chi connectivity index (χ0n) is 12.9. The number of benzene rings is 2. The minimum Gasteiger partial charge on any atom is -0.494 e. The van der Waals surface area contributed by atoms with Gasteiger partial charge in [-0.3, -0.25) is 4.72 Å². The van der Waals surface area contributed by atoms with Crippen molar-refractivity contribution >= 4 is 15.7 Å². The van der Waals surface area contributed by atoms with Gasteiger partial charge in [-0.2, -0.15) is 0 Å². The normalized spacial score (nSPS) is 11.2. The maximum Gasteiger partial charge on any atom is 0.261 e. The first-order valence-electron chi connectivity index (χ1n) is 7.39. The molecule has 0 atom stereocenters. The molecule has 2 rings (SSSR count). The van der Waals surface area contributed by atoms with Crippen LogP contribution < -0.4 is 9.46 Å². The molecule has 2 aromatic carbocycles. The van der Waals surface area contributed by atoms with Crippen LogP contribution in [-0.4, -0.2) is 15.0 Å². The molecule has 0 aromatic heterocycles. The standard InChI is InChI=1S/C17H21NO3S/c1-3-13-21-16-9-7-15(8-10-16)18-22(19,20)17-11-5-14(4-2)6-12-17/h5-12,18H,3-4,13H2,1-2H3. The summed E-state index contributed by atoms with van der Waals surface area (Å²) in [6.07, 6.45) is 1.81. The summed E-state index contributed by atoms with van der Waals surface area (Å²) in [6, 6.07) is 13.8. The smallest absolute Gasteiger partial charge is 0.261 e. The quantitative estimate of drug-likeness (QED) is 0.843. The predicted molar refractivity (Wildman–Crippen MR) is 88.9 cm³/mol. The Labute approximate surface area is 132 Å². The zero-order valence-corrected chi connectivity index (χ0v) is 13.7. The van der Waals surface area contributed by atoms with Crippen molar-refractivity contribution in [3.05, 3.63) is 54.1 Å². The molecule has 0 heterocycles. The summed E-state index contributed by atoms with van der Waals surface area (Å²) >= 11 is 0. The van der Waals surface area contributed by atoms with Gasteiger partial charge in [0, 0.05) is 5.69 Å². The molecule has 0 radical (unpaired) electrons. The number of sulfonamides is 1. The van der Waals surface area contributed by atoms with E-state index in [-0.39, 0.29) is 4.90 Å². The lowest BCUT2D eigenvalue weighted by Gasteiger charge is -2.10. The van der Waals surface area contributed by atoms with Gasteiger partial charge in [0.25, 0.3) is 10.0 Å². The Morgan fingerprint density at radius 2 is 1.59 bits per heavy atom. The van der Waals surface area contributed by atoms with Gasteiger partial charge in [0.1, 0.15) is 5.75 Å². The van der Waals surface area contributed by atoms with E-state index in [1.165, 1.54) is 0 Å². The number of hydrogen-bond donors (Lipinski definition) is 1. The fourth-order valence-electron chi connectivity index (χ4n) is 1.96. The summed E-state index contributed by atoms with van der Waals surface area (Å²) in [5.74, 6) is 0.733. The number of hydrogen-bond acceptors (Lipinski definition) is 3. The monoisotopic (exact) mass is 319 g/mol. The summed E-state index contributed by atoms with van der Waals surface area (Å²) in [6.45, 7) is 4.71. The van der Waals surface area contributed by atoms with Gasteiger partial charge in [0.2, 0.25) is 0 Å². The molecule has 0 aliphatic carbocycles. The first-order chi connectivity index (χ1) is 10.5. The van der Waals surface area contributed by atoms with E-state index in [0.717, 1.165) is 24.2 Å². The van der Waals surface area contributed by atoms with E-state index in [1.54, 1.807) is 36.4 Å². The molecule has 4 nitrogen and oxygen atoms in total. The zero-order chi connectivity index (χ0) is 16.0. The van der Waals surface area contributed by atoms with Crippen LogP contribution >= 0.6 is 0 Å². The highest BCUT2D eigenvalue weighted by Crippen LogP contribution is 2.20. The molecule has 2 aromatic rings. The molecule has 0 bridgehead atoms. The maximum atomic E-state index is 12.3. The van der Waals surface area contributed by atoms with Gasteiger partial charge >= 0.3 is 0 Å². The summed E-state index contributed by atoms with van der Waals surface area (Å²) < 4.78 is 32.7. The fraction of sp³-hybridized carbons (Fsp3) is 0.294. The van der Waals surface area contributed by atoms with Crippen molar-refractivity contribution in [3.63, 3.8) is 0 Å². The van der Waals surface area contributed by atoms with Gasteiger partial charge in [-0.15, -0.1) is 0 Å². The summed E-state index contributed by atoms with van der Waals surface area (Å²) in [7, 11) is -3.56. The van der Waals surface area contributed by atoms with Crippen LogP contribution in [0.3, 0.4) is 0 Å². The highest BCUT2D eigenvalue weighted by molar-refractivity contribution is 7.92. The number of aryl methyl sites for hydroxylation is 1. The molecule has 0 aliphatic heterocycles. The summed E-state index contributed by atoms with van der Waals surface area (Å²) in [4.78, 5) is 0.260. The SMILES string of the molecule is CCCOc1ccc(NS(=O)(=O)c2ccc(CC)cc2)cc1. The molecule has 0 aliphatic rings. The molecule has 0 saturated carbocycles. The second-order valence-corrected chi connectivity index (χ2v) is 6.66. The lowest BCUT2D eigenvalue weighted by atomic mass is 10.2. The second-order valence-electron chi connectivity index (χ2n) is 4.98. The highest BCUT2D eigenvalue weighted by atomic mass is 32.2. The molecule has 0 spiro atoms.